The van der Waals surface area contributed by atoms with E-state index in [2.05, 4.69) is 15.6 Å². The molecule has 1 aromatic carbocycles. The van der Waals surface area contributed by atoms with Crippen molar-refractivity contribution in [3.63, 3.8) is 0 Å². The molecule has 28 heavy (non-hydrogen) atoms. The maximum Gasteiger partial charge on any atom is 0.340 e. The number of aromatic nitrogens is 1. The van der Waals surface area contributed by atoms with E-state index in [-0.39, 0.29) is 24.0 Å². The van der Waals surface area contributed by atoms with Gasteiger partial charge in [-0.15, -0.1) is 0 Å². The fourth-order valence-electron chi connectivity index (χ4n) is 2.80. The summed E-state index contributed by atoms with van der Waals surface area (Å²) >= 11 is 0. The van der Waals surface area contributed by atoms with Crippen LogP contribution in [0.4, 0.5) is 5.69 Å². The minimum atomic E-state index is -0.456. The molecule has 0 radical (unpaired) electrons. The minimum absolute atomic E-state index is 0.180. The highest BCUT2D eigenvalue weighted by molar-refractivity contribution is 6.07. The van der Waals surface area contributed by atoms with E-state index >= 15 is 0 Å². The van der Waals surface area contributed by atoms with Crippen LogP contribution in [0.5, 0.6) is 0 Å². The monoisotopic (exact) mass is 385 g/mol. The molecule has 0 aliphatic rings. The lowest BCUT2D eigenvalue weighted by Crippen LogP contribution is -2.40. The van der Waals surface area contributed by atoms with Gasteiger partial charge in [0.1, 0.15) is 5.69 Å². The zero-order chi connectivity index (χ0) is 21.1. The molecular weight excluding hydrogens is 358 g/mol. The Labute approximate surface area is 164 Å². The van der Waals surface area contributed by atoms with Crippen LogP contribution in [0, 0.1) is 13.8 Å². The van der Waals surface area contributed by atoms with Crippen molar-refractivity contribution < 1.29 is 19.1 Å². The Balaban J connectivity index is 2.14. The zero-order valence-corrected chi connectivity index (χ0v) is 17.1. The normalized spacial score (nSPS) is 11.1. The molecule has 7 nitrogen and oxygen atoms in total. The van der Waals surface area contributed by atoms with Gasteiger partial charge < -0.3 is 20.4 Å². The molecular formula is C21H27N3O4. The maximum absolute atomic E-state index is 12.6. The summed E-state index contributed by atoms with van der Waals surface area (Å²) in [5.41, 5.74) is 2.51. The number of hydrogen-bond acceptors (Lipinski definition) is 4. The lowest BCUT2D eigenvalue weighted by Gasteiger charge is -2.20. The predicted molar refractivity (Wildman–Crippen MR) is 108 cm³/mol. The summed E-state index contributed by atoms with van der Waals surface area (Å²) in [7, 11) is 0. The molecule has 0 bridgehead atoms. The number of aromatic amines is 1. The van der Waals surface area contributed by atoms with E-state index in [0.29, 0.717) is 33.8 Å². The van der Waals surface area contributed by atoms with Gasteiger partial charge in [-0.2, -0.15) is 0 Å². The second-order valence-electron chi connectivity index (χ2n) is 7.58. The Morgan fingerprint density at radius 2 is 1.64 bits per heavy atom. The molecule has 0 spiro atoms. The number of carbonyl (C=O) groups excluding carboxylic acids is 3. The highest BCUT2D eigenvalue weighted by Gasteiger charge is 2.23. The molecule has 2 rings (SSSR count). The third-order valence-electron chi connectivity index (χ3n) is 4.04. The van der Waals surface area contributed by atoms with Crippen LogP contribution in [0.2, 0.25) is 0 Å². The molecule has 0 saturated carbocycles. The molecule has 7 heteroatoms. The topological polar surface area (TPSA) is 100 Å². The Bertz CT molecular complexity index is 890. The molecule has 1 aromatic heterocycles. The van der Waals surface area contributed by atoms with Gasteiger partial charge in [0.15, 0.2) is 0 Å². The van der Waals surface area contributed by atoms with Crippen molar-refractivity contribution in [3.8, 4) is 0 Å². The van der Waals surface area contributed by atoms with Crippen molar-refractivity contribution in [2.24, 2.45) is 0 Å². The Kier molecular flexibility index (Phi) is 6.28. The molecule has 0 fully saturated rings. The maximum atomic E-state index is 12.6. The molecule has 1 heterocycles. The summed E-state index contributed by atoms with van der Waals surface area (Å²) in [5, 5.41) is 5.65. The van der Waals surface area contributed by atoms with Crippen LogP contribution in [-0.4, -0.2) is 34.9 Å². The first kappa shape index (κ1) is 21.2. The average Bonchev–Trinajstić information content (AvgIpc) is 2.88. The van der Waals surface area contributed by atoms with Crippen LogP contribution < -0.4 is 10.6 Å². The molecule has 3 N–H and O–H groups in total. The second-order valence-corrected chi connectivity index (χ2v) is 7.58. The number of anilines is 1. The Morgan fingerprint density at radius 1 is 1.04 bits per heavy atom. The van der Waals surface area contributed by atoms with E-state index in [4.69, 9.17) is 4.74 Å². The quantitative estimate of drug-likeness (QED) is 0.685. The van der Waals surface area contributed by atoms with Crippen molar-refractivity contribution in [2.75, 3.05) is 11.9 Å². The number of rotatable bonds is 5. The summed E-state index contributed by atoms with van der Waals surface area (Å²) in [6.45, 7) is 11.1. The van der Waals surface area contributed by atoms with E-state index in [1.54, 1.807) is 45.0 Å². The smallest absolute Gasteiger partial charge is 0.340 e. The van der Waals surface area contributed by atoms with Crippen molar-refractivity contribution in [3.05, 3.63) is 52.3 Å². The van der Waals surface area contributed by atoms with Crippen LogP contribution in [0.25, 0.3) is 0 Å². The number of hydrogen-bond donors (Lipinski definition) is 3. The average molecular weight is 385 g/mol. The van der Waals surface area contributed by atoms with E-state index in [9.17, 15) is 14.4 Å². The van der Waals surface area contributed by atoms with Crippen molar-refractivity contribution in [1.29, 1.82) is 0 Å². The van der Waals surface area contributed by atoms with Gasteiger partial charge in [-0.25, -0.2) is 4.79 Å². The first-order valence-electron chi connectivity index (χ1n) is 9.13. The largest absolute Gasteiger partial charge is 0.462 e. The molecule has 150 valence electrons. The number of esters is 1. The highest BCUT2D eigenvalue weighted by atomic mass is 16.5. The van der Waals surface area contributed by atoms with E-state index in [1.807, 2.05) is 20.8 Å². The lowest BCUT2D eigenvalue weighted by atomic mass is 10.1. The van der Waals surface area contributed by atoms with Gasteiger partial charge in [-0.3, -0.25) is 9.59 Å². The summed E-state index contributed by atoms with van der Waals surface area (Å²) in [5.74, 6) is -1.01. The van der Waals surface area contributed by atoms with Gasteiger partial charge in [-0.05, 0) is 71.4 Å². The molecule has 0 saturated heterocycles. The van der Waals surface area contributed by atoms with Crippen LogP contribution in [-0.2, 0) is 4.74 Å². The summed E-state index contributed by atoms with van der Waals surface area (Å²) in [4.78, 5) is 39.8. The summed E-state index contributed by atoms with van der Waals surface area (Å²) in [6.07, 6.45) is 0. The molecule has 2 amide bonds. The SMILES string of the molecule is CCOC(=O)c1c(C)[nH]c(C(=O)Nc2ccc(C(=O)NC(C)(C)C)cc2)c1C. The first-order chi connectivity index (χ1) is 13.0. The van der Waals surface area contributed by atoms with Gasteiger partial charge in [0.05, 0.1) is 12.2 Å². The predicted octanol–water partition coefficient (Wildman–Crippen LogP) is 3.59. The number of carbonyl (C=O) groups is 3. The number of benzene rings is 1. The van der Waals surface area contributed by atoms with Gasteiger partial charge in [0, 0.05) is 22.5 Å². The molecule has 2 aromatic rings. The summed E-state index contributed by atoms with van der Waals surface area (Å²) in [6, 6.07) is 6.61. The van der Waals surface area contributed by atoms with Gasteiger partial charge >= 0.3 is 5.97 Å². The Hall–Kier alpha value is -3.09. The standard InChI is InChI=1S/C21H27N3O4/c1-7-28-20(27)16-12(2)17(22-13(16)3)19(26)23-15-10-8-14(9-11-15)18(25)24-21(4,5)6/h8-11,22H,7H2,1-6H3,(H,23,26)(H,24,25). The molecule has 0 aliphatic heterocycles. The van der Waals surface area contributed by atoms with Crippen LogP contribution in [0.1, 0.15) is 70.2 Å². The molecule has 0 unspecified atom stereocenters. The number of ether oxygens (including phenoxy) is 1. The van der Waals surface area contributed by atoms with Gasteiger partial charge in [0.25, 0.3) is 11.8 Å². The fourth-order valence-corrected chi connectivity index (χ4v) is 2.80. The zero-order valence-electron chi connectivity index (χ0n) is 17.1. The number of amides is 2. The molecule has 0 aliphatic carbocycles. The minimum Gasteiger partial charge on any atom is -0.462 e. The van der Waals surface area contributed by atoms with E-state index < -0.39 is 5.97 Å². The Morgan fingerprint density at radius 3 is 2.18 bits per heavy atom. The molecule has 0 atom stereocenters. The van der Waals surface area contributed by atoms with Gasteiger partial charge in [-0.1, -0.05) is 0 Å². The van der Waals surface area contributed by atoms with Crippen molar-refractivity contribution >= 4 is 23.5 Å². The number of nitrogens with one attached hydrogen (secondary N) is 3. The van der Waals surface area contributed by atoms with Crippen LogP contribution in [0.3, 0.4) is 0 Å². The summed E-state index contributed by atoms with van der Waals surface area (Å²) < 4.78 is 5.04. The number of H-pyrrole nitrogens is 1. The van der Waals surface area contributed by atoms with Gasteiger partial charge in [0.2, 0.25) is 0 Å². The first-order valence-corrected chi connectivity index (χ1v) is 9.13. The third-order valence-corrected chi connectivity index (χ3v) is 4.04. The fraction of sp³-hybridized carbons (Fsp3) is 0.381. The van der Waals surface area contributed by atoms with Crippen molar-refractivity contribution in [2.45, 2.75) is 47.1 Å². The van der Waals surface area contributed by atoms with E-state index in [1.165, 1.54) is 0 Å². The lowest BCUT2D eigenvalue weighted by molar-refractivity contribution is 0.0524. The van der Waals surface area contributed by atoms with E-state index in [0.717, 1.165) is 0 Å². The third kappa shape index (κ3) is 5.00. The number of aryl methyl sites for hydroxylation is 1. The van der Waals surface area contributed by atoms with Crippen molar-refractivity contribution in [1.82, 2.24) is 10.3 Å². The second kappa shape index (κ2) is 8.29. The van der Waals surface area contributed by atoms with Crippen LogP contribution >= 0.6 is 0 Å². The highest BCUT2D eigenvalue weighted by Crippen LogP contribution is 2.20. The van der Waals surface area contributed by atoms with Crippen LogP contribution in [0.15, 0.2) is 24.3 Å².